The fraction of sp³-hybridized carbons (Fsp3) is 0.533. The standard InChI is InChI=1S/C15H15F3N2O3/c16-15(17,18)9-3-4-12(19-5-9)13(21)20-6-10(8-1-2-8)11(7-20)14(22)23/h3-5,8,10-11H,1-2,6-7H2,(H,22,23)/t10-,11+/m1/s1. The summed E-state index contributed by atoms with van der Waals surface area (Å²) in [7, 11) is 0. The van der Waals surface area contributed by atoms with E-state index in [1.165, 1.54) is 4.90 Å². The zero-order valence-corrected chi connectivity index (χ0v) is 12.1. The zero-order chi connectivity index (χ0) is 16.8. The number of pyridine rings is 1. The number of hydrogen-bond donors (Lipinski definition) is 1. The van der Waals surface area contributed by atoms with Crippen molar-refractivity contribution in [3.8, 4) is 0 Å². The van der Waals surface area contributed by atoms with Crippen LogP contribution in [0.4, 0.5) is 13.2 Å². The van der Waals surface area contributed by atoms with E-state index in [4.69, 9.17) is 0 Å². The minimum absolute atomic E-state index is 0.0779. The number of halogens is 3. The van der Waals surface area contributed by atoms with Gasteiger partial charge in [0.05, 0.1) is 11.5 Å². The number of aliphatic carboxylic acids is 1. The Morgan fingerprint density at radius 3 is 2.39 bits per heavy atom. The van der Waals surface area contributed by atoms with E-state index < -0.39 is 29.5 Å². The van der Waals surface area contributed by atoms with E-state index >= 15 is 0 Å². The number of carbonyl (C=O) groups is 2. The molecule has 1 saturated heterocycles. The third-order valence-corrected chi connectivity index (χ3v) is 4.51. The predicted molar refractivity (Wildman–Crippen MR) is 72.5 cm³/mol. The third-order valence-electron chi connectivity index (χ3n) is 4.51. The fourth-order valence-electron chi connectivity index (χ4n) is 3.11. The van der Waals surface area contributed by atoms with Crippen LogP contribution in [0.3, 0.4) is 0 Å². The van der Waals surface area contributed by atoms with Crippen molar-refractivity contribution in [2.24, 2.45) is 17.8 Å². The Bertz CT molecular complexity index is 626. The van der Waals surface area contributed by atoms with Crippen LogP contribution >= 0.6 is 0 Å². The first-order valence-electron chi connectivity index (χ1n) is 7.32. The molecule has 0 bridgehead atoms. The van der Waals surface area contributed by atoms with Gasteiger partial charge in [0, 0.05) is 19.3 Å². The van der Waals surface area contributed by atoms with Gasteiger partial charge < -0.3 is 10.0 Å². The SMILES string of the molecule is O=C(O)[C@H]1CN(C(=O)c2ccc(C(F)(F)F)cn2)C[C@@H]1C1CC1. The molecule has 5 nitrogen and oxygen atoms in total. The van der Waals surface area contributed by atoms with E-state index in [1.807, 2.05) is 0 Å². The Morgan fingerprint density at radius 2 is 1.91 bits per heavy atom. The summed E-state index contributed by atoms with van der Waals surface area (Å²) >= 11 is 0. The van der Waals surface area contributed by atoms with Crippen molar-refractivity contribution in [1.29, 1.82) is 0 Å². The summed E-state index contributed by atoms with van der Waals surface area (Å²) in [4.78, 5) is 28.7. The summed E-state index contributed by atoms with van der Waals surface area (Å²) in [5.41, 5.74) is -1.02. The van der Waals surface area contributed by atoms with Gasteiger partial charge >= 0.3 is 12.1 Å². The molecule has 1 amide bonds. The summed E-state index contributed by atoms with van der Waals surface area (Å²) in [6, 6.07) is 1.84. The van der Waals surface area contributed by atoms with E-state index in [2.05, 4.69) is 4.98 Å². The van der Waals surface area contributed by atoms with Crippen molar-refractivity contribution in [1.82, 2.24) is 9.88 Å². The lowest BCUT2D eigenvalue weighted by atomic mass is 9.92. The molecule has 23 heavy (non-hydrogen) atoms. The van der Waals surface area contributed by atoms with Crippen LogP contribution < -0.4 is 0 Å². The van der Waals surface area contributed by atoms with E-state index in [0.717, 1.165) is 25.0 Å². The monoisotopic (exact) mass is 328 g/mol. The summed E-state index contributed by atoms with van der Waals surface area (Å²) < 4.78 is 37.5. The van der Waals surface area contributed by atoms with Crippen LogP contribution in [0.2, 0.25) is 0 Å². The third kappa shape index (κ3) is 3.16. The first-order chi connectivity index (χ1) is 10.8. The average molecular weight is 328 g/mol. The first-order valence-corrected chi connectivity index (χ1v) is 7.32. The molecule has 3 rings (SSSR count). The number of carbonyl (C=O) groups excluding carboxylic acids is 1. The molecule has 124 valence electrons. The minimum atomic E-state index is -4.51. The van der Waals surface area contributed by atoms with Gasteiger partial charge in [0.25, 0.3) is 5.91 Å². The zero-order valence-electron chi connectivity index (χ0n) is 12.1. The van der Waals surface area contributed by atoms with Gasteiger partial charge in [-0.15, -0.1) is 0 Å². The summed E-state index contributed by atoms with van der Waals surface area (Å²) in [6.07, 6.45) is -1.95. The molecule has 2 aliphatic rings. The van der Waals surface area contributed by atoms with E-state index in [-0.39, 0.29) is 18.2 Å². The van der Waals surface area contributed by atoms with E-state index in [0.29, 0.717) is 18.7 Å². The predicted octanol–water partition coefficient (Wildman–Crippen LogP) is 2.28. The van der Waals surface area contributed by atoms with Crippen LogP contribution in [0.15, 0.2) is 18.3 Å². The number of nitrogens with zero attached hydrogens (tertiary/aromatic N) is 2. The van der Waals surface area contributed by atoms with Gasteiger partial charge in [0.2, 0.25) is 0 Å². The topological polar surface area (TPSA) is 70.5 Å². The van der Waals surface area contributed by atoms with Crippen LogP contribution in [-0.4, -0.2) is 40.0 Å². The number of rotatable bonds is 3. The van der Waals surface area contributed by atoms with E-state index in [9.17, 15) is 27.9 Å². The summed E-state index contributed by atoms with van der Waals surface area (Å²) in [5, 5.41) is 9.28. The second-order valence-corrected chi connectivity index (χ2v) is 6.09. The molecule has 0 spiro atoms. The number of hydrogen-bond acceptors (Lipinski definition) is 3. The average Bonchev–Trinajstić information content (AvgIpc) is 3.24. The molecule has 1 aromatic heterocycles. The Kier molecular flexibility index (Phi) is 3.77. The molecule has 8 heteroatoms. The smallest absolute Gasteiger partial charge is 0.417 e. The maximum atomic E-state index is 12.5. The molecule has 2 heterocycles. The summed E-state index contributed by atoms with van der Waals surface area (Å²) in [6.45, 7) is 0.404. The maximum absolute atomic E-state index is 12.5. The lowest BCUT2D eigenvalue weighted by Gasteiger charge is -2.16. The van der Waals surface area contributed by atoms with Gasteiger partial charge in [-0.1, -0.05) is 0 Å². The number of aromatic nitrogens is 1. The lowest BCUT2D eigenvalue weighted by Crippen LogP contribution is -2.30. The molecule has 2 fully saturated rings. The molecular weight excluding hydrogens is 313 g/mol. The van der Waals surface area contributed by atoms with Crippen molar-refractivity contribution in [2.75, 3.05) is 13.1 Å². The van der Waals surface area contributed by atoms with Crippen LogP contribution in [-0.2, 0) is 11.0 Å². The Labute approximate surface area is 130 Å². The first kappa shape index (κ1) is 15.8. The number of amides is 1. The fourth-order valence-corrected chi connectivity index (χ4v) is 3.11. The molecule has 0 unspecified atom stereocenters. The molecule has 0 radical (unpaired) electrons. The van der Waals surface area contributed by atoms with Gasteiger partial charge in [0.1, 0.15) is 5.69 Å². The van der Waals surface area contributed by atoms with E-state index in [1.54, 1.807) is 0 Å². The second-order valence-electron chi connectivity index (χ2n) is 6.09. The van der Waals surface area contributed by atoms with Crippen molar-refractivity contribution in [3.05, 3.63) is 29.6 Å². The van der Waals surface area contributed by atoms with Crippen molar-refractivity contribution in [3.63, 3.8) is 0 Å². The molecule has 1 aromatic rings. The molecule has 2 atom stereocenters. The molecule has 0 aromatic carbocycles. The maximum Gasteiger partial charge on any atom is 0.417 e. The van der Waals surface area contributed by atoms with Crippen molar-refractivity contribution in [2.45, 2.75) is 19.0 Å². The highest BCUT2D eigenvalue weighted by Crippen LogP contribution is 2.44. The largest absolute Gasteiger partial charge is 0.481 e. The normalized spacial score (nSPS) is 24.7. The molecule has 1 N–H and O–H groups in total. The van der Waals surface area contributed by atoms with Crippen LogP contribution in [0, 0.1) is 17.8 Å². The van der Waals surface area contributed by atoms with Crippen LogP contribution in [0.1, 0.15) is 28.9 Å². The number of likely N-dealkylation sites (tertiary alicyclic amines) is 1. The Balaban J connectivity index is 1.74. The van der Waals surface area contributed by atoms with Crippen LogP contribution in [0.25, 0.3) is 0 Å². The van der Waals surface area contributed by atoms with Crippen molar-refractivity contribution >= 4 is 11.9 Å². The van der Waals surface area contributed by atoms with Gasteiger partial charge in [-0.25, -0.2) is 0 Å². The van der Waals surface area contributed by atoms with Gasteiger partial charge in [-0.2, -0.15) is 13.2 Å². The molecular formula is C15H15F3N2O3. The van der Waals surface area contributed by atoms with Gasteiger partial charge in [-0.05, 0) is 36.8 Å². The van der Waals surface area contributed by atoms with Gasteiger partial charge in [-0.3, -0.25) is 14.6 Å². The second kappa shape index (κ2) is 5.50. The van der Waals surface area contributed by atoms with Crippen LogP contribution in [0.5, 0.6) is 0 Å². The Morgan fingerprint density at radius 1 is 1.22 bits per heavy atom. The minimum Gasteiger partial charge on any atom is -0.481 e. The Hall–Kier alpha value is -2.12. The number of alkyl halides is 3. The molecule has 1 saturated carbocycles. The van der Waals surface area contributed by atoms with Gasteiger partial charge in [0.15, 0.2) is 0 Å². The highest BCUT2D eigenvalue weighted by Gasteiger charge is 2.47. The molecule has 1 aliphatic carbocycles. The highest BCUT2D eigenvalue weighted by atomic mass is 19.4. The van der Waals surface area contributed by atoms with Crippen molar-refractivity contribution < 1.29 is 27.9 Å². The summed E-state index contributed by atoms with van der Waals surface area (Å²) in [5.74, 6) is -1.81. The number of carboxylic acids is 1. The lowest BCUT2D eigenvalue weighted by molar-refractivity contribution is -0.142. The molecule has 1 aliphatic heterocycles. The quantitative estimate of drug-likeness (QED) is 0.924. The number of carboxylic acid groups (broad SMARTS) is 1. The highest BCUT2D eigenvalue weighted by molar-refractivity contribution is 5.93.